The molecule has 0 saturated carbocycles. The molecule has 0 aliphatic heterocycles. The summed E-state index contributed by atoms with van der Waals surface area (Å²) in [5.41, 5.74) is 5.25. The van der Waals surface area contributed by atoms with E-state index in [0.29, 0.717) is 6.54 Å². The van der Waals surface area contributed by atoms with Crippen molar-refractivity contribution >= 4 is 5.91 Å². The minimum Gasteiger partial charge on any atom is -0.341 e. The summed E-state index contributed by atoms with van der Waals surface area (Å²) >= 11 is 0. The van der Waals surface area contributed by atoms with Gasteiger partial charge in [0.1, 0.15) is 5.82 Å². The molecule has 0 spiro atoms. The maximum absolute atomic E-state index is 13.2. The molecule has 158 valence electrons. The van der Waals surface area contributed by atoms with E-state index in [2.05, 4.69) is 10.2 Å². The number of carbonyl (C=O) groups excluding carboxylic acids is 1. The number of nitrogens with zero attached hydrogens (tertiary/aromatic N) is 5. The molecule has 4 rings (SSSR count). The van der Waals surface area contributed by atoms with Gasteiger partial charge in [0, 0.05) is 36.6 Å². The number of aromatic nitrogens is 4. The summed E-state index contributed by atoms with van der Waals surface area (Å²) in [5, 5.41) is 8.95. The number of hydrogen-bond acceptors (Lipinski definition) is 3. The highest BCUT2D eigenvalue weighted by molar-refractivity contribution is 5.79. The molecular formula is C24H24FN5O. The lowest BCUT2D eigenvalue weighted by molar-refractivity contribution is -0.129. The predicted octanol–water partition coefficient (Wildman–Crippen LogP) is 4.02. The molecular weight excluding hydrogens is 393 g/mol. The molecule has 0 N–H and O–H groups in total. The van der Waals surface area contributed by atoms with Crippen LogP contribution in [0, 0.1) is 19.7 Å². The van der Waals surface area contributed by atoms with Crippen LogP contribution in [0.25, 0.3) is 11.4 Å². The SMILES string of the molecule is Cc1nn(-c2ccc(F)cc2)c(C)c1CC(=O)N(C)Cc1cnn(-c2ccccc2)c1. The standard InChI is InChI=1S/C24H24FN5O/c1-17-23(18(2)30(27-17)22-11-9-20(25)10-12-22)13-24(31)28(3)15-19-14-26-29(16-19)21-7-5-4-6-8-21/h4-12,14,16H,13,15H2,1-3H3. The molecule has 0 aliphatic rings. The van der Waals surface area contributed by atoms with Crippen molar-refractivity contribution in [1.82, 2.24) is 24.5 Å². The van der Waals surface area contributed by atoms with E-state index in [1.165, 1.54) is 12.1 Å². The van der Waals surface area contributed by atoms with Crippen molar-refractivity contribution in [2.24, 2.45) is 0 Å². The maximum atomic E-state index is 13.2. The van der Waals surface area contributed by atoms with E-state index in [0.717, 1.165) is 33.9 Å². The molecule has 4 aromatic rings. The van der Waals surface area contributed by atoms with E-state index in [9.17, 15) is 9.18 Å². The van der Waals surface area contributed by atoms with Gasteiger partial charge in [-0.3, -0.25) is 4.79 Å². The molecule has 0 atom stereocenters. The van der Waals surface area contributed by atoms with Gasteiger partial charge in [0.15, 0.2) is 0 Å². The summed E-state index contributed by atoms with van der Waals surface area (Å²) in [6.07, 6.45) is 3.96. The normalized spacial score (nSPS) is 11.0. The van der Waals surface area contributed by atoms with Crippen LogP contribution in [0.5, 0.6) is 0 Å². The molecule has 2 aromatic carbocycles. The third kappa shape index (κ3) is 4.40. The number of likely N-dealkylation sites (N-methyl/N-ethyl adjacent to an activating group) is 1. The summed E-state index contributed by atoms with van der Waals surface area (Å²) in [4.78, 5) is 14.6. The fourth-order valence-corrected chi connectivity index (χ4v) is 3.58. The molecule has 7 heteroatoms. The lowest BCUT2D eigenvalue weighted by atomic mass is 10.1. The van der Waals surface area contributed by atoms with E-state index in [4.69, 9.17) is 0 Å². The molecule has 0 aliphatic carbocycles. The van der Waals surface area contributed by atoms with E-state index < -0.39 is 0 Å². The van der Waals surface area contributed by atoms with Crippen molar-refractivity contribution in [2.75, 3.05) is 7.05 Å². The van der Waals surface area contributed by atoms with Crippen LogP contribution in [0.3, 0.4) is 0 Å². The van der Waals surface area contributed by atoms with Gasteiger partial charge in [-0.1, -0.05) is 18.2 Å². The van der Waals surface area contributed by atoms with Gasteiger partial charge in [-0.2, -0.15) is 10.2 Å². The first kappa shape index (κ1) is 20.5. The number of carbonyl (C=O) groups is 1. The first-order valence-electron chi connectivity index (χ1n) is 10.1. The number of benzene rings is 2. The Balaban J connectivity index is 1.46. The second kappa shape index (κ2) is 8.55. The average Bonchev–Trinajstić information content (AvgIpc) is 3.35. The van der Waals surface area contributed by atoms with Crippen LogP contribution < -0.4 is 0 Å². The fraction of sp³-hybridized carbons (Fsp3) is 0.208. The van der Waals surface area contributed by atoms with Gasteiger partial charge >= 0.3 is 0 Å². The van der Waals surface area contributed by atoms with Gasteiger partial charge in [-0.15, -0.1) is 0 Å². The zero-order valence-corrected chi connectivity index (χ0v) is 17.8. The minimum absolute atomic E-state index is 0.00248. The van der Waals surface area contributed by atoms with Crippen molar-refractivity contribution in [3.8, 4) is 11.4 Å². The average molecular weight is 417 g/mol. The minimum atomic E-state index is -0.294. The van der Waals surface area contributed by atoms with E-state index >= 15 is 0 Å². The van der Waals surface area contributed by atoms with Gasteiger partial charge in [0.05, 0.1) is 29.7 Å². The van der Waals surface area contributed by atoms with Crippen LogP contribution >= 0.6 is 0 Å². The molecule has 0 saturated heterocycles. The third-order valence-corrected chi connectivity index (χ3v) is 5.34. The van der Waals surface area contributed by atoms with E-state index in [-0.39, 0.29) is 18.1 Å². The Morgan fingerprint density at radius 2 is 1.74 bits per heavy atom. The van der Waals surface area contributed by atoms with Crippen LogP contribution in [0.2, 0.25) is 0 Å². The predicted molar refractivity (Wildman–Crippen MR) is 117 cm³/mol. The lowest BCUT2D eigenvalue weighted by Gasteiger charge is -2.16. The van der Waals surface area contributed by atoms with Gasteiger partial charge in [0.25, 0.3) is 0 Å². The number of rotatable bonds is 6. The number of halogens is 1. The zero-order valence-electron chi connectivity index (χ0n) is 17.8. The van der Waals surface area contributed by atoms with E-state index in [1.807, 2.05) is 50.4 Å². The Bertz CT molecular complexity index is 1190. The number of aryl methyl sites for hydroxylation is 1. The van der Waals surface area contributed by atoms with Crippen LogP contribution in [-0.4, -0.2) is 37.4 Å². The van der Waals surface area contributed by atoms with E-state index in [1.54, 1.807) is 39.6 Å². The Morgan fingerprint density at radius 3 is 2.45 bits per heavy atom. The lowest BCUT2D eigenvalue weighted by Crippen LogP contribution is -2.28. The van der Waals surface area contributed by atoms with Crippen LogP contribution in [0.15, 0.2) is 67.0 Å². The highest BCUT2D eigenvalue weighted by Crippen LogP contribution is 2.20. The van der Waals surface area contributed by atoms with Crippen molar-refractivity contribution < 1.29 is 9.18 Å². The first-order chi connectivity index (χ1) is 14.9. The van der Waals surface area contributed by atoms with Crippen molar-refractivity contribution in [1.29, 1.82) is 0 Å². The monoisotopic (exact) mass is 417 g/mol. The van der Waals surface area contributed by atoms with Gasteiger partial charge in [0.2, 0.25) is 5.91 Å². The van der Waals surface area contributed by atoms with Crippen LogP contribution in [-0.2, 0) is 17.8 Å². The highest BCUT2D eigenvalue weighted by atomic mass is 19.1. The fourth-order valence-electron chi connectivity index (χ4n) is 3.58. The molecule has 2 aromatic heterocycles. The molecule has 1 amide bonds. The molecule has 0 fully saturated rings. The quantitative estimate of drug-likeness (QED) is 0.476. The summed E-state index contributed by atoms with van der Waals surface area (Å²) in [5.74, 6) is -0.296. The van der Waals surface area contributed by atoms with Gasteiger partial charge in [-0.25, -0.2) is 13.8 Å². The summed E-state index contributed by atoms with van der Waals surface area (Å²) < 4.78 is 16.8. The Kier molecular flexibility index (Phi) is 5.66. The van der Waals surface area contributed by atoms with Crippen molar-refractivity contribution in [3.63, 3.8) is 0 Å². The topological polar surface area (TPSA) is 56.0 Å². The summed E-state index contributed by atoms with van der Waals surface area (Å²) in [6.45, 7) is 4.28. The Labute approximate surface area is 180 Å². The summed E-state index contributed by atoms with van der Waals surface area (Å²) in [7, 11) is 1.79. The first-order valence-corrected chi connectivity index (χ1v) is 10.1. The van der Waals surface area contributed by atoms with Crippen LogP contribution in [0.1, 0.15) is 22.5 Å². The molecule has 0 bridgehead atoms. The maximum Gasteiger partial charge on any atom is 0.227 e. The molecule has 0 unspecified atom stereocenters. The van der Waals surface area contributed by atoms with Crippen molar-refractivity contribution in [3.05, 3.63) is 95.3 Å². The largest absolute Gasteiger partial charge is 0.341 e. The number of hydrogen-bond donors (Lipinski definition) is 0. The number of para-hydroxylation sites is 1. The summed E-state index contributed by atoms with van der Waals surface area (Å²) in [6, 6.07) is 16.0. The van der Waals surface area contributed by atoms with Gasteiger partial charge < -0.3 is 4.90 Å². The molecule has 31 heavy (non-hydrogen) atoms. The smallest absolute Gasteiger partial charge is 0.227 e. The van der Waals surface area contributed by atoms with Gasteiger partial charge in [-0.05, 0) is 50.2 Å². The highest BCUT2D eigenvalue weighted by Gasteiger charge is 2.19. The second-order valence-corrected chi connectivity index (χ2v) is 7.59. The molecule has 6 nitrogen and oxygen atoms in total. The third-order valence-electron chi connectivity index (χ3n) is 5.34. The molecule has 0 radical (unpaired) electrons. The van der Waals surface area contributed by atoms with Crippen LogP contribution in [0.4, 0.5) is 4.39 Å². The van der Waals surface area contributed by atoms with Crippen molar-refractivity contribution in [2.45, 2.75) is 26.8 Å². The zero-order chi connectivity index (χ0) is 22.0. The molecule has 2 heterocycles. The number of amides is 1. The Hall–Kier alpha value is -3.74. The Morgan fingerprint density at radius 1 is 1.03 bits per heavy atom. The second-order valence-electron chi connectivity index (χ2n) is 7.59.